The summed E-state index contributed by atoms with van der Waals surface area (Å²) in [5, 5.41) is 0. The summed E-state index contributed by atoms with van der Waals surface area (Å²) in [6, 6.07) is 6.14. The standard InChI is InChI=1S/C16H23FN2O2/c1-21-16(20)15(18)10-12-6-8-19(9-7-12)11-13-2-4-14(17)5-3-13/h2-5,12,15H,6-11,18H2,1H3. The molecule has 1 atom stereocenters. The Bertz CT molecular complexity index is 456. The second-order valence-corrected chi connectivity index (χ2v) is 5.71. The summed E-state index contributed by atoms with van der Waals surface area (Å²) in [6.45, 7) is 2.81. The molecule has 1 aromatic rings. The molecule has 0 saturated carbocycles. The van der Waals surface area contributed by atoms with Crippen LogP contribution in [0.4, 0.5) is 4.39 Å². The van der Waals surface area contributed by atoms with Crippen LogP contribution in [0.25, 0.3) is 0 Å². The van der Waals surface area contributed by atoms with Gasteiger partial charge in [0, 0.05) is 6.54 Å². The van der Waals surface area contributed by atoms with Crippen LogP contribution in [0.15, 0.2) is 24.3 Å². The molecule has 0 bridgehead atoms. The number of nitrogens with zero attached hydrogens (tertiary/aromatic N) is 1. The van der Waals surface area contributed by atoms with E-state index < -0.39 is 6.04 Å². The second-order valence-electron chi connectivity index (χ2n) is 5.71. The minimum atomic E-state index is -0.511. The zero-order valence-corrected chi connectivity index (χ0v) is 12.4. The van der Waals surface area contributed by atoms with Gasteiger partial charge < -0.3 is 10.5 Å². The molecule has 1 unspecified atom stereocenters. The van der Waals surface area contributed by atoms with Crippen molar-refractivity contribution in [2.45, 2.75) is 31.8 Å². The van der Waals surface area contributed by atoms with Gasteiger partial charge >= 0.3 is 5.97 Å². The van der Waals surface area contributed by atoms with E-state index in [4.69, 9.17) is 5.73 Å². The number of hydrogen-bond acceptors (Lipinski definition) is 4. The summed E-state index contributed by atoms with van der Waals surface area (Å²) < 4.78 is 17.5. The van der Waals surface area contributed by atoms with Crippen LogP contribution in [-0.2, 0) is 16.1 Å². The van der Waals surface area contributed by atoms with Crippen molar-refractivity contribution in [3.63, 3.8) is 0 Å². The molecule has 1 saturated heterocycles. The van der Waals surface area contributed by atoms with Gasteiger partial charge in [-0.1, -0.05) is 12.1 Å². The molecule has 0 aromatic heterocycles. The number of likely N-dealkylation sites (tertiary alicyclic amines) is 1. The molecule has 1 heterocycles. The monoisotopic (exact) mass is 294 g/mol. The van der Waals surface area contributed by atoms with Crippen molar-refractivity contribution in [2.75, 3.05) is 20.2 Å². The van der Waals surface area contributed by atoms with Gasteiger partial charge in [-0.25, -0.2) is 4.39 Å². The number of piperidine rings is 1. The Morgan fingerprint density at radius 3 is 2.57 bits per heavy atom. The Balaban J connectivity index is 1.75. The number of methoxy groups -OCH3 is 1. The summed E-state index contributed by atoms with van der Waals surface area (Å²) in [5.41, 5.74) is 6.93. The van der Waals surface area contributed by atoms with E-state index in [1.165, 1.54) is 19.2 Å². The van der Waals surface area contributed by atoms with Crippen LogP contribution in [0, 0.1) is 11.7 Å². The molecule has 1 aliphatic rings. The average molecular weight is 294 g/mol. The average Bonchev–Trinajstić information content (AvgIpc) is 2.50. The number of esters is 1. The lowest BCUT2D eigenvalue weighted by Gasteiger charge is -2.32. The number of rotatable bonds is 5. The second kappa shape index (κ2) is 7.52. The Morgan fingerprint density at radius 2 is 2.00 bits per heavy atom. The molecule has 116 valence electrons. The lowest BCUT2D eigenvalue weighted by Crippen LogP contribution is -2.38. The molecule has 2 N–H and O–H groups in total. The predicted octanol–water partition coefficient (Wildman–Crippen LogP) is 1.93. The van der Waals surface area contributed by atoms with Crippen molar-refractivity contribution < 1.29 is 13.9 Å². The highest BCUT2D eigenvalue weighted by molar-refractivity contribution is 5.75. The maximum Gasteiger partial charge on any atom is 0.322 e. The highest BCUT2D eigenvalue weighted by atomic mass is 19.1. The van der Waals surface area contributed by atoms with E-state index in [0.29, 0.717) is 12.3 Å². The molecule has 4 nitrogen and oxygen atoms in total. The molecule has 0 aliphatic carbocycles. The van der Waals surface area contributed by atoms with E-state index in [2.05, 4.69) is 9.64 Å². The predicted molar refractivity (Wildman–Crippen MR) is 79.0 cm³/mol. The summed E-state index contributed by atoms with van der Waals surface area (Å²) >= 11 is 0. The maximum atomic E-state index is 12.9. The SMILES string of the molecule is COC(=O)C(N)CC1CCN(Cc2ccc(F)cc2)CC1. The van der Waals surface area contributed by atoms with Gasteiger partial charge in [0.15, 0.2) is 0 Å². The number of halogens is 1. The largest absolute Gasteiger partial charge is 0.468 e. The quantitative estimate of drug-likeness (QED) is 0.843. The van der Waals surface area contributed by atoms with Gasteiger partial charge in [-0.15, -0.1) is 0 Å². The summed E-state index contributed by atoms with van der Waals surface area (Å²) in [6.07, 6.45) is 2.76. The first-order chi connectivity index (χ1) is 10.1. The third-order valence-corrected chi connectivity index (χ3v) is 4.12. The molecule has 0 amide bonds. The normalized spacial score (nSPS) is 18.4. The number of ether oxygens (including phenoxy) is 1. The molecule has 1 fully saturated rings. The molecule has 5 heteroatoms. The lowest BCUT2D eigenvalue weighted by molar-refractivity contribution is -0.142. The highest BCUT2D eigenvalue weighted by Crippen LogP contribution is 2.23. The van der Waals surface area contributed by atoms with E-state index in [9.17, 15) is 9.18 Å². The number of carbonyl (C=O) groups excluding carboxylic acids is 1. The number of carbonyl (C=O) groups is 1. The van der Waals surface area contributed by atoms with E-state index in [1.807, 2.05) is 12.1 Å². The zero-order valence-electron chi connectivity index (χ0n) is 12.4. The Morgan fingerprint density at radius 1 is 1.38 bits per heavy atom. The van der Waals surface area contributed by atoms with Crippen LogP contribution in [0.2, 0.25) is 0 Å². The van der Waals surface area contributed by atoms with Gasteiger partial charge in [0.25, 0.3) is 0 Å². The van der Waals surface area contributed by atoms with Gasteiger partial charge in [0.2, 0.25) is 0 Å². The van der Waals surface area contributed by atoms with Gasteiger partial charge in [0.05, 0.1) is 7.11 Å². The summed E-state index contributed by atoms with van der Waals surface area (Å²) in [7, 11) is 1.37. The first-order valence-electron chi connectivity index (χ1n) is 7.38. The maximum absolute atomic E-state index is 12.9. The van der Waals surface area contributed by atoms with Crippen molar-refractivity contribution in [1.82, 2.24) is 4.90 Å². The molecule has 0 radical (unpaired) electrons. The zero-order chi connectivity index (χ0) is 15.2. The smallest absolute Gasteiger partial charge is 0.322 e. The van der Waals surface area contributed by atoms with Gasteiger partial charge in [-0.05, 0) is 56.0 Å². The van der Waals surface area contributed by atoms with Crippen molar-refractivity contribution in [2.24, 2.45) is 11.7 Å². The van der Waals surface area contributed by atoms with Crippen LogP contribution in [0.5, 0.6) is 0 Å². The molecular weight excluding hydrogens is 271 g/mol. The van der Waals surface area contributed by atoms with Crippen molar-refractivity contribution >= 4 is 5.97 Å². The van der Waals surface area contributed by atoms with Gasteiger partial charge in [-0.2, -0.15) is 0 Å². The van der Waals surface area contributed by atoms with Crippen molar-refractivity contribution in [3.8, 4) is 0 Å². The molecule has 1 aliphatic heterocycles. The fourth-order valence-corrected chi connectivity index (χ4v) is 2.83. The number of hydrogen-bond donors (Lipinski definition) is 1. The first-order valence-corrected chi connectivity index (χ1v) is 7.38. The Kier molecular flexibility index (Phi) is 5.70. The molecular formula is C16H23FN2O2. The van der Waals surface area contributed by atoms with Crippen LogP contribution in [0.3, 0.4) is 0 Å². The minimum Gasteiger partial charge on any atom is -0.468 e. The van der Waals surface area contributed by atoms with Gasteiger partial charge in [-0.3, -0.25) is 9.69 Å². The highest BCUT2D eigenvalue weighted by Gasteiger charge is 2.24. The topological polar surface area (TPSA) is 55.6 Å². The van der Waals surface area contributed by atoms with Crippen LogP contribution in [-0.4, -0.2) is 37.1 Å². The first kappa shape index (κ1) is 15.9. The van der Waals surface area contributed by atoms with E-state index in [1.54, 1.807) is 0 Å². The lowest BCUT2D eigenvalue weighted by atomic mass is 9.90. The number of benzene rings is 1. The van der Waals surface area contributed by atoms with Crippen molar-refractivity contribution in [3.05, 3.63) is 35.6 Å². The van der Waals surface area contributed by atoms with E-state index in [0.717, 1.165) is 38.0 Å². The van der Waals surface area contributed by atoms with Gasteiger partial charge in [0.1, 0.15) is 11.9 Å². The van der Waals surface area contributed by atoms with E-state index >= 15 is 0 Å². The third kappa shape index (κ3) is 4.79. The summed E-state index contributed by atoms with van der Waals surface area (Å²) in [4.78, 5) is 13.7. The molecule has 1 aromatic carbocycles. The summed E-state index contributed by atoms with van der Waals surface area (Å²) in [5.74, 6) is -0.0541. The molecule has 2 rings (SSSR count). The number of nitrogens with two attached hydrogens (primary N) is 1. The molecule has 21 heavy (non-hydrogen) atoms. The van der Waals surface area contributed by atoms with Crippen LogP contribution in [0.1, 0.15) is 24.8 Å². The molecule has 0 spiro atoms. The Hall–Kier alpha value is -1.46. The Labute approximate surface area is 125 Å². The van der Waals surface area contributed by atoms with Crippen LogP contribution < -0.4 is 5.73 Å². The van der Waals surface area contributed by atoms with Crippen molar-refractivity contribution in [1.29, 1.82) is 0 Å². The third-order valence-electron chi connectivity index (χ3n) is 4.12. The van der Waals surface area contributed by atoms with E-state index in [-0.39, 0.29) is 11.8 Å². The fourth-order valence-electron chi connectivity index (χ4n) is 2.83. The fraction of sp³-hybridized carbons (Fsp3) is 0.562. The van der Waals surface area contributed by atoms with Crippen LogP contribution >= 0.6 is 0 Å². The minimum absolute atomic E-state index is 0.200.